The van der Waals surface area contributed by atoms with Crippen LogP contribution in [0.2, 0.25) is 0 Å². The number of hydrogen-bond donors (Lipinski definition) is 0. The van der Waals surface area contributed by atoms with Crippen molar-refractivity contribution >= 4 is 49.0 Å². The minimum absolute atomic E-state index is 0.119. The third kappa shape index (κ3) is 2.45. The Balaban J connectivity index is 2.10. The first-order chi connectivity index (χ1) is 9.16. The molecule has 0 amide bonds. The van der Waals surface area contributed by atoms with Crippen LogP contribution in [0.15, 0.2) is 52.3 Å². The average Bonchev–Trinajstić information content (AvgIpc) is 2.82. The fraction of sp³-hybridized carbons (Fsp3) is 0.125. The summed E-state index contributed by atoms with van der Waals surface area (Å²) in [6.07, 6.45) is 0. The Bertz CT molecular complexity index is 732. The van der Waals surface area contributed by atoms with Crippen LogP contribution in [0.1, 0.15) is 22.1 Å². The molecule has 3 rings (SSSR count). The van der Waals surface area contributed by atoms with Crippen molar-refractivity contribution in [1.82, 2.24) is 0 Å². The number of hydrogen-bond acceptors (Lipinski definition) is 1. The maximum Gasteiger partial charge on any atom is 0.0860 e. The Hall–Kier alpha value is -0.830. The second-order valence-electron chi connectivity index (χ2n) is 4.57. The summed E-state index contributed by atoms with van der Waals surface area (Å²) in [6, 6.07) is 14.7. The Morgan fingerprint density at radius 3 is 2.68 bits per heavy atom. The molecule has 1 unspecified atom stereocenters. The minimum Gasteiger partial charge on any atom is -0.143 e. The molecule has 3 heteroatoms. The first-order valence-electron chi connectivity index (χ1n) is 6.03. The van der Waals surface area contributed by atoms with Crippen LogP contribution < -0.4 is 0 Å². The smallest absolute Gasteiger partial charge is 0.0860 e. The van der Waals surface area contributed by atoms with E-state index in [2.05, 4.69) is 70.7 Å². The lowest BCUT2D eigenvalue weighted by Crippen LogP contribution is -1.94. The molecule has 96 valence electrons. The van der Waals surface area contributed by atoms with Crippen molar-refractivity contribution in [2.45, 2.75) is 12.3 Å². The molecular weight excluding hydrogens is 340 g/mol. The van der Waals surface area contributed by atoms with Gasteiger partial charge >= 0.3 is 0 Å². The number of fused-ring (bicyclic) bond motifs is 1. The fourth-order valence-corrected chi connectivity index (χ4v) is 4.49. The first-order valence-corrected chi connectivity index (χ1v) is 8.14. The summed E-state index contributed by atoms with van der Waals surface area (Å²) in [4.78, 5) is 0. The normalized spacial score (nSPS) is 12.8. The molecule has 1 heterocycles. The van der Waals surface area contributed by atoms with E-state index in [0.717, 1.165) is 10.0 Å². The molecule has 0 aliphatic carbocycles. The second-order valence-corrected chi connectivity index (χ2v) is 6.78. The van der Waals surface area contributed by atoms with E-state index in [1.165, 1.54) is 21.2 Å². The summed E-state index contributed by atoms with van der Waals surface area (Å²) in [5.74, 6) is 0. The van der Waals surface area contributed by atoms with E-state index in [1.54, 1.807) is 11.3 Å². The summed E-state index contributed by atoms with van der Waals surface area (Å²) in [5, 5.41) is 3.29. The van der Waals surface area contributed by atoms with E-state index in [9.17, 15) is 0 Å². The first kappa shape index (κ1) is 13.2. The van der Waals surface area contributed by atoms with Crippen molar-refractivity contribution in [2.24, 2.45) is 0 Å². The quantitative estimate of drug-likeness (QED) is 0.475. The molecule has 19 heavy (non-hydrogen) atoms. The molecule has 0 bridgehead atoms. The molecule has 0 spiro atoms. The molecule has 0 fully saturated rings. The number of rotatable bonds is 2. The highest BCUT2D eigenvalue weighted by Crippen LogP contribution is 2.39. The van der Waals surface area contributed by atoms with Crippen LogP contribution in [0.4, 0.5) is 0 Å². The second kappa shape index (κ2) is 5.28. The van der Waals surface area contributed by atoms with Crippen molar-refractivity contribution < 1.29 is 0 Å². The number of aryl methyl sites for hydroxylation is 1. The molecule has 1 atom stereocenters. The molecule has 1 aromatic heterocycles. The number of alkyl halides is 1. The Kier molecular flexibility index (Phi) is 3.66. The molecule has 2 aromatic carbocycles. The SMILES string of the molecule is Cc1ccc(C(Cl)c2csc3ccccc23)c(Br)c1. The van der Waals surface area contributed by atoms with Gasteiger partial charge in [0.1, 0.15) is 0 Å². The average molecular weight is 352 g/mol. The van der Waals surface area contributed by atoms with Crippen LogP contribution >= 0.6 is 38.9 Å². The molecule has 0 saturated heterocycles. The zero-order valence-corrected chi connectivity index (χ0v) is 13.5. The maximum absolute atomic E-state index is 6.69. The number of benzene rings is 2. The summed E-state index contributed by atoms with van der Waals surface area (Å²) in [7, 11) is 0. The van der Waals surface area contributed by atoms with Gasteiger partial charge in [-0.2, -0.15) is 0 Å². The highest BCUT2D eigenvalue weighted by Gasteiger charge is 2.17. The van der Waals surface area contributed by atoms with Crippen LogP contribution in [0.5, 0.6) is 0 Å². The summed E-state index contributed by atoms with van der Waals surface area (Å²) < 4.78 is 2.36. The Labute approximate surface area is 130 Å². The van der Waals surface area contributed by atoms with Crippen molar-refractivity contribution in [3.63, 3.8) is 0 Å². The monoisotopic (exact) mass is 350 g/mol. The van der Waals surface area contributed by atoms with Crippen molar-refractivity contribution in [3.8, 4) is 0 Å². The maximum atomic E-state index is 6.69. The summed E-state index contributed by atoms with van der Waals surface area (Å²) in [6.45, 7) is 2.08. The molecule has 0 saturated carbocycles. The van der Waals surface area contributed by atoms with Crippen LogP contribution in [0, 0.1) is 6.92 Å². The summed E-state index contributed by atoms with van der Waals surface area (Å²) in [5.41, 5.74) is 3.54. The van der Waals surface area contributed by atoms with Gasteiger partial charge in [-0.05, 0) is 46.5 Å². The van der Waals surface area contributed by atoms with Gasteiger partial charge in [0, 0.05) is 9.17 Å². The zero-order valence-electron chi connectivity index (χ0n) is 10.4. The van der Waals surface area contributed by atoms with E-state index >= 15 is 0 Å². The highest BCUT2D eigenvalue weighted by atomic mass is 79.9. The lowest BCUT2D eigenvalue weighted by Gasteiger charge is -2.12. The van der Waals surface area contributed by atoms with Gasteiger partial charge < -0.3 is 0 Å². The molecule has 0 nitrogen and oxygen atoms in total. The molecule has 0 aliphatic rings. The predicted molar refractivity (Wildman–Crippen MR) is 88.4 cm³/mol. The van der Waals surface area contributed by atoms with Crippen LogP contribution in [0.25, 0.3) is 10.1 Å². The van der Waals surface area contributed by atoms with Gasteiger partial charge in [-0.1, -0.05) is 46.3 Å². The number of thiophene rings is 1. The van der Waals surface area contributed by atoms with Gasteiger partial charge in [-0.3, -0.25) is 0 Å². The lowest BCUT2D eigenvalue weighted by atomic mass is 10.0. The standard InChI is InChI=1S/C16H12BrClS/c1-10-6-7-12(14(17)8-10)16(18)13-9-19-15-5-3-2-4-11(13)15/h2-9,16H,1H3. The van der Waals surface area contributed by atoms with Crippen molar-refractivity contribution in [2.75, 3.05) is 0 Å². The van der Waals surface area contributed by atoms with E-state index in [-0.39, 0.29) is 5.38 Å². The lowest BCUT2D eigenvalue weighted by molar-refractivity contribution is 1.15. The van der Waals surface area contributed by atoms with Gasteiger partial charge in [0.15, 0.2) is 0 Å². The Morgan fingerprint density at radius 1 is 1.11 bits per heavy atom. The van der Waals surface area contributed by atoms with E-state index in [4.69, 9.17) is 11.6 Å². The van der Waals surface area contributed by atoms with Crippen molar-refractivity contribution in [1.29, 1.82) is 0 Å². The third-order valence-electron chi connectivity index (χ3n) is 3.21. The van der Waals surface area contributed by atoms with E-state index < -0.39 is 0 Å². The van der Waals surface area contributed by atoms with Crippen LogP contribution in [-0.2, 0) is 0 Å². The number of halogens is 2. The minimum atomic E-state index is -0.119. The fourth-order valence-electron chi connectivity index (χ4n) is 2.20. The molecular formula is C16H12BrClS. The third-order valence-corrected chi connectivity index (χ3v) is 5.35. The topological polar surface area (TPSA) is 0 Å². The van der Waals surface area contributed by atoms with Gasteiger partial charge in [0.05, 0.1) is 5.38 Å². The van der Waals surface area contributed by atoms with Crippen LogP contribution in [-0.4, -0.2) is 0 Å². The Morgan fingerprint density at radius 2 is 1.89 bits per heavy atom. The largest absolute Gasteiger partial charge is 0.143 e. The van der Waals surface area contributed by atoms with Gasteiger partial charge in [-0.15, -0.1) is 22.9 Å². The van der Waals surface area contributed by atoms with Crippen LogP contribution in [0.3, 0.4) is 0 Å². The van der Waals surface area contributed by atoms with Gasteiger partial charge in [0.25, 0.3) is 0 Å². The molecule has 0 radical (unpaired) electrons. The van der Waals surface area contributed by atoms with Gasteiger partial charge in [-0.25, -0.2) is 0 Å². The predicted octanol–water partition coefficient (Wildman–Crippen LogP) is 6.30. The van der Waals surface area contributed by atoms with E-state index in [0.29, 0.717) is 0 Å². The zero-order chi connectivity index (χ0) is 13.4. The molecule has 0 aliphatic heterocycles. The van der Waals surface area contributed by atoms with Crippen molar-refractivity contribution in [3.05, 3.63) is 69.0 Å². The summed E-state index contributed by atoms with van der Waals surface area (Å²) >= 11 is 12.0. The van der Waals surface area contributed by atoms with E-state index in [1.807, 2.05) is 0 Å². The van der Waals surface area contributed by atoms with Gasteiger partial charge in [0.2, 0.25) is 0 Å². The molecule has 0 N–H and O–H groups in total. The highest BCUT2D eigenvalue weighted by molar-refractivity contribution is 9.10. The molecule has 3 aromatic rings.